The topological polar surface area (TPSA) is 175 Å². The van der Waals surface area contributed by atoms with Crippen molar-refractivity contribution in [3.05, 3.63) is 0 Å². The normalized spacial score (nSPS) is 0.429. The third kappa shape index (κ3) is 1030. The number of hydrogen-bond donors (Lipinski definition) is 0. The van der Waals surface area contributed by atoms with Crippen LogP contribution in [0, 0.1) is 0 Å². The van der Waals surface area contributed by atoms with Crippen molar-refractivity contribution in [1.82, 2.24) is 0 Å². The summed E-state index contributed by atoms with van der Waals surface area (Å²) in [4.78, 5) is 0. The molecule has 0 saturated carbocycles. The van der Waals surface area contributed by atoms with Gasteiger partial charge in [0.25, 0.3) is 0 Å². The molecule has 0 amide bonds. The van der Waals surface area contributed by atoms with Crippen LogP contribution in [0.4, 0.5) is 0 Å². The average Bonchev–Trinajstić information content (AvgIpc) is 1.00. The Kier molecular flexibility index (Phi) is 36600. The van der Waals surface area contributed by atoms with Gasteiger partial charge in [0.15, 0.2) is 0 Å². The zero-order valence-electron chi connectivity index (χ0n) is 3.36. The summed E-state index contributed by atoms with van der Waals surface area (Å²) in [5.41, 5.74) is 0. The molecular weight excluding hydrogens is 189 g/mol. The van der Waals surface area contributed by atoms with Gasteiger partial charge in [0.1, 0.15) is 0 Å². The van der Waals surface area contributed by atoms with E-state index in [4.69, 9.17) is 3.25 Å². The molecule has 0 rings (SSSR count). The van der Waals surface area contributed by atoms with Gasteiger partial charge in [0.2, 0.25) is 0 Å². The summed E-state index contributed by atoms with van der Waals surface area (Å²) in [6, 6.07) is 0. The molecule has 0 aliphatic rings. The first kappa shape index (κ1) is 164. The molecule has 0 atom stereocenters. The summed E-state index contributed by atoms with van der Waals surface area (Å²) in [7, 11) is 0. The summed E-state index contributed by atoms with van der Waals surface area (Å²) in [6.07, 6.45) is 0. The first-order valence-corrected chi connectivity index (χ1v) is 1.08. The molecule has 7 heteroatoms. The fraction of sp³-hybridized carbons (Fsp3) is 0. The van der Waals surface area contributed by atoms with E-state index in [9.17, 15) is 0 Å². The molecule has 0 bridgehead atoms. The number of hydrogen-bond acceptors (Lipinski definition) is 1. The SMILES string of the molecule is O.O.O.O.O.[O]=[Nb]. The molecule has 7 heavy (non-hydrogen) atoms. The molecule has 10 N–H and O–H groups in total. The van der Waals surface area contributed by atoms with Crippen LogP contribution < -0.4 is 0 Å². The number of rotatable bonds is 0. The van der Waals surface area contributed by atoms with Crippen LogP contribution in [0.25, 0.3) is 0 Å². The first-order chi connectivity index (χ1) is 1.00. The fourth-order valence-electron chi connectivity index (χ4n) is 0. The summed E-state index contributed by atoms with van der Waals surface area (Å²) >= 11 is 0.500. The van der Waals surface area contributed by atoms with Gasteiger partial charge < -0.3 is 27.4 Å². The van der Waals surface area contributed by atoms with Crippen LogP contribution in [-0.4, -0.2) is 27.4 Å². The second kappa shape index (κ2) is 1560. The van der Waals surface area contributed by atoms with Crippen LogP contribution in [-0.2, 0) is 24.3 Å². The van der Waals surface area contributed by atoms with Crippen molar-refractivity contribution in [2.45, 2.75) is 0 Å². The van der Waals surface area contributed by atoms with Gasteiger partial charge in [0.05, 0.1) is 0 Å². The maximum atomic E-state index is 8.30. The van der Waals surface area contributed by atoms with E-state index >= 15 is 0 Å². The van der Waals surface area contributed by atoms with Gasteiger partial charge in [-0.1, -0.05) is 0 Å². The van der Waals surface area contributed by atoms with E-state index in [1.165, 1.54) is 0 Å². The van der Waals surface area contributed by atoms with Crippen molar-refractivity contribution < 1.29 is 51.7 Å². The van der Waals surface area contributed by atoms with Gasteiger partial charge in [-0.05, 0) is 0 Å². The molecule has 0 aromatic heterocycles. The third-order valence-electron chi connectivity index (χ3n) is 0. The van der Waals surface area contributed by atoms with Crippen molar-refractivity contribution in [2.24, 2.45) is 0 Å². The zero-order chi connectivity index (χ0) is 2.00. The summed E-state index contributed by atoms with van der Waals surface area (Å²) in [5.74, 6) is 0. The van der Waals surface area contributed by atoms with Crippen molar-refractivity contribution in [1.29, 1.82) is 0 Å². The van der Waals surface area contributed by atoms with E-state index in [0.29, 0.717) is 21.0 Å². The molecule has 6 nitrogen and oxygen atoms in total. The monoisotopic (exact) mass is 199 g/mol. The molecule has 0 aliphatic heterocycles. The minimum atomic E-state index is 0. The molecule has 0 aromatic carbocycles. The molecule has 0 fully saturated rings. The average molecular weight is 199 g/mol. The Labute approximate surface area is 52.3 Å². The van der Waals surface area contributed by atoms with Crippen molar-refractivity contribution in [3.8, 4) is 0 Å². The van der Waals surface area contributed by atoms with Crippen LogP contribution in [0.2, 0.25) is 0 Å². The van der Waals surface area contributed by atoms with Gasteiger partial charge in [-0.25, -0.2) is 0 Å². The molecule has 0 saturated heterocycles. The minimum absolute atomic E-state index is 0. The molecule has 0 radical (unpaired) electrons. The molecule has 0 aromatic rings. The van der Waals surface area contributed by atoms with Crippen molar-refractivity contribution in [2.75, 3.05) is 0 Å². The van der Waals surface area contributed by atoms with E-state index in [1.807, 2.05) is 0 Å². The van der Waals surface area contributed by atoms with E-state index in [0.717, 1.165) is 0 Å². The van der Waals surface area contributed by atoms with Crippen molar-refractivity contribution >= 4 is 0 Å². The van der Waals surface area contributed by atoms with Gasteiger partial charge >= 0.3 is 24.3 Å². The second-order valence-electron chi connectivity index (χ2n) is 0. The second-order valence-corrected chi connectivity index (χ2v) is 0. The first-order valence-electron chi connectivity index (χ1n) is 0.183. The molecule has 51 valence electrons. The zero-order valence-corrected chi connectivity index (χ0v) is 5.55. The Balaban J connectivity index is -0.000000000500. The van der Waals surface area contributed by atoms with Crippen LogP contribution in [0.3, 0.4) is 0 Å². The molecule has 0 aliphatic carbocycles. The van der Waals surface area contributed by atoms with Crippen LogP contribution in [0.1, 0.15) is 0 Å². The predicted molar refractivity (Wildman–Crippen MR) is 18.8 cm³/mol. The molecule has 0 spiro atoms. The Bertz CT molecular complexity index is 4.14. The third-order valence-corrected chi connectivity index (χ3v) is 0. The van der Waals surface area contributed by atoms with Crippen LogP contribution >= 0.6 is 0 Å². The predicted octanol–water partition coefficient (Wildman–Crippen LogP) is -4.24. The Morgan fingerprint density at radius 1 is 0.571 bits per heavy atom. The summed E-state index contributed by atoms with van der Waals surface area (Å²) in [5, 5.41) is 0. The van der Waals surface area contributed by atoms with Crippen LogP contribution in [0.5, 0.6) is 0 Å². The van der Waals surface area contributed by atoms with Crippen molar-refractivity contribution in [3.63, 3.8) is 0 Å². The van der Waals surface area contributed by atoms with Gasteiger partial charge in [-0.2, -0.15) is 0 Å². The standard InChI is InChI=1S/Nb.5H2O.O/h;5*1H2;. The summed E-state index contributed by atoms with van der Waals surface area (Å²) in [6.45, 7) is 0. The Morgan fingerprint density at radius 2 is 0.571 bits per heavy atom. The van der Waals surface area contributed by atoms with Gasteiger partial charge in [0, 0.05) is 0 Å². The van der Waals surface area contributed by atoms with Gasteiger partial charge in [-0.3, -0.25) is 0 Å². The van der Waals surface area contributed by atoms with E-state index in [2.05, 4.69) is 0 Å². The molecular formula is H10NbO6. The van der Waals surface area contributed by atoms with Crippen LogP contribution in [0.15, 0.2) is 0 Å². The maximum absolute atomic E-state index is 8.30. The van der Waals surface area contributed by atoms with E-state index in [-0.39, 0.29) is 27.4 Å². The van der Waals surface area contributed by atoms with E-state index < -0.39 is 0 Å². The Hall–Kier alpha value is 0.340. The quantitative estimate of drug-likeness (QED) is 0.353. The van der Waals surface area contributed by atoms with Gasteiger partial charge in [-0.15, -0.1) is 0 Å². The fourth-order valence-corrected chi connectivity index (χ4v) is 0. The Morgan fingerprint density at radius 3 is 0.571 bits per heavy atom. The summed E-state index contributed by atoms with van der Waals surface area (Å²) < 4.78 is 8.30. The molecule has 0 heterocycles. The van der Waals surface area contributed by atoms with E-state index in [1.54, 1.807) is 0 Å². The molecule has 0 unspecified atom stereocenters.